The molecule has 9 heavy (non-hydrogen) atoms. The summed E-state index contributed by atoms with van der Waals surface area (Å²) in [6.07, 6.45) is 2.17. The third kappa shape index (κ3) is 1.44. The molecule has 1 saturated heterocycles. The zero-order chi connectivity index (χ0) is 6.85. The molecule has 52 valence electrons. The Morgan fingerprint density at radius 2 is 2.33 bits per heavy atom. The first kappa shape index (κ1) is 6.59. The fraction of sp³-hybridized carbons (Fsp3) is 0.857. The predicted octanol–water partition coefficient (Wildman–Crippen LogP) is 1.33. The highest BCUT2D eigenvalue weighted by Crippen LogP contribution is 2.14. The summed E-state index contributed by atoms with van der Waals surface area (Å²) in [5, 5.41) is 7.41. The number of hydrogen-bond acceptors (Lipinski definition) is 1. The molecule has 2 nitrogen and oxygen atoms in total. The number of likely N-dealkylation sites (tertiary alicyclic amines) is 1. The smallest absolute Gasteiger partial charge is 0.0955 e. The minimum atomic E-state index is 0.782. The lowest BCUT2D eigenvalue weighted by atomic mass is 10.0. The van der Waals surface area contributed by atoms with Gasteiger partial charge in [0, 0.05) is 20.0 Å². The summed E-state index contributed by atoms with van der Waals surface area (Å²) in [6.45, 7) is 3.31. The van der Waals surface area contributed by atoms with E-state index in [2.05, 4.69) is 6.92 Å². The highest BCUT2D eigenvalue weighted by Gasteiger charge is 2.15. The lowest BCUT2D eigenvalue weighted by molar-refractivity contribution is 0.345. The molecule has 0 aromatic rings. The SMILES string of the molecule is C[C@@H]1CCC(=N)N(C)C1. The van der Waals surface area contributed by atoms with Crippen molar-refractivity contribution >= 4 is 5.84 Å². The van der Waals surface area contributed by atoms with Crippen molar-refractivity contribution in [1.82, 2.24) is 4.90 Å². The molecular formula is C7H14N2. The van der Waals surface area contributed by atoms with Crippen LogP contribution in [0.3, 0.4) is 0 Å². The molecule has 0 radical (unpaired) electrons. The lowest BCUT2D eigenvalue weighted by Gasteiger charge is -2.29. The van der Waals surface area contributed by atoms with E-state index in [-0.39, 0.29) is 0 Å². The van der Waals surface area contributed by atoms with Crippen LogP contribution in [0.15, 0.2) is 0 Å². The maximum Gasteiger partial charge on any atom is 0.0955 e. The van der Waals surface area contributed by atoms with Crippen LogP contribution in [-0.2, 0) is 0 Å². The first-order valence-corrected chi connectivity index (χ1v) is 3.48. The van der Waals surface area contributed by atoms with Gasteiger partial charge in [-0.15, -0.1) is 0 Å². The van der Waals surface area contributed by atoms with Crippen molar-refractivity contribution in [3.63, 3.8) is 0 Å². The van der Waals surface area contributed by atoms with Gasteiger partial charge in [0.15, 0.2) is 0 Å². The monoisotopic (exact) mass is 126 g/mol. The Bertz CT molecular complexity index is 120. The van der Waals surface area contributed by atoms with Crippen LogP contribution in [0, 0.1) is 11.3 Å². The molecule has 2 heteroatoms. The minimum Gasteiger partial charge on any atom is -0.363 e. The Balaban J connectivity index is 2.44. The van der Waals surface area contributed by atoms with E-state index in [1.165, 1.54) is 6.42 Å². The summed E-state index contributed by atoms with van der Waals surface area (Å²) in [4.78, 5) is 2.04. The van der Waals surface area contributed by atoms with Gasteiger partial charge in [-0.3, -0.25) is 5.41 Å². The second-order valence-electron chi connectivity index (χ2n) is 2.97. The second kappa shape index (κ2) is 2.38. The van der Waals surface area contributed by atoms with Crippen LogP contribution in [0.25, 0.3) is 0 Å². The fourth-order valence-electron chi connectivity index (χ4n) is 1.24. The van der Waals surface area contributed by atoms with Crippen LogP contribution in [0.4, 0.5) is 0 Å². The molecule has 0 amide bonds. The molecule has 0 aliphatic carbocycles. The van der Waals surface area contributed by atoms with Crippen molar-refractivity contribution < 1.29 is 0 Å². The third-order valence-electron chi connectivity index (χ3n) is 1.92. The van der Waals surface area contributed by atoms with Crippen molar-refractivity contribution in [2.45, 2.75) is 19.8 Å². The van der Waals surface area contributed by atoms with Crippen molar-refractivity contribution in [3.05, 3.63) is 0 Å². The Labute approximate surface area is 56.4 Å². The third-order valence-corrected chi connectivity index (χ3v) is 1.92. The van der Waals surface area contributed by atoms with Crippen molar-refractivity contribution in [1.29, 1.82) is 5.41 Å². The molecule has 0 unspecified atom stereocenters. The predicted molar refractivity (Wildman–Crippen MR) is 38.8 cm³/mol. The number of nitrogens with zero attached hydrogens (tertiary/aromatic N) is 1. The van der Waals surface area contributed by atoms with Gasteiger partial charge in [-0.25, -0.2) is 0 Å². The van der Waals surface area contributed by atoms with Gasteiger partial charge in [0.2, 0.25) is 0 Å². The summed E-state index contributed by atoms with van der Waals surface area (Å²) in [5.41, 5.74) is 0. The number of nitrogens with one attached hydrogen (secondary N) is 1. The topological polar surface area (TPSA) is 27.1 Å². The van der Waals surface area contributed by atoms with E-state index >= 15 is 0 Å². The summed E-state index contributed by atoms with van der Waals surface area (Å²) in [6, 6.07) is 0. The summed E-state index contributed by atoms with van der Waals surface area (Å²) in [5.74, 6) is 1.58. The molecule has 1 aliphatic rings. The summed E-state index contributed by atoms with van der Waals surface area (Å²) in [7, 11) is 2.00. The van der Waals surface area contributed by atoms with Gasteiger partial charge < -0.3 is 4.90 Å². The Kier molecular flexibility index (Phi) is 1.74. The average molecular weight is 126 g/mol. The van der Waals surface area contributed by atoms with Gasteiger partial charge in [-0.1, -0.05) is 6.92 Å². The molecule has 0 aromatic heterocycles. The van der Waals surface area contributed by atoms with Gasteiger partial charge >= 0.3 is 0 Å². The van der Waals surface area contributed by atoms with Gasteiger partial charge in [-0.2, -0.15) is 0 Å². The molecule has 1 atom stereocenters. The highest BCUT2D eigenvalue weighted by atomic mass is 15.1. The first-order valence-electron chi connectivity index (χ1n) is 3.48. The Morgan fingerprint density at radius 1 is 1.67 bits per heavy atom. The standard InChI is InChI=1S/C7H14N2/c1-6-3-4-7(8)9(2)5-6/h6,8H,3-5H2,1-2H3/t6-/m1/s1. The quantitative estimate of drug-likeness (QED) is 0.520. The first-order chi connectivity index (χ1) is 4.20. The van der Waals surface area contributed by atoms with E-state index in [1.807, 2.05) is 11.9 Å². The van der Waals surface area contributed by atoms with E-state index < -0.39 is 0 Å². The Hall–Kier alpha value is -0.530. The number of rotatable bonds is 0. The largest absolute Gasteiger partial charge is 0.363 e. The number of hydrogen-bond donors (Lipinski definition) is 1. The van der Waals surface area contributed by atoms with Crippen molar-refractivity contribution in [2.75, 3.05) is 13.6 Å². The van der Waals surface area contributed by atoms with Crippen LogP contribution >= 0.6 is 0 Å². The molecule has 1 N–H and O–H groups in total. The maximum atomic E-state index is 7.41. The fourth-order valence-corrected chi connectivity index (χ4v) is 1.24. The zero-order valence-electron chi connectivity index (χ0n) is 6.15. The normalized spacial score (nSPS) is 28.9. The van der Waals surface area contributed by atoms with E-state index in [0.717, 1.165) is 24.7 Å². The molecule has 0 spiro atoms. The van der Waals surface area contributed by atoms with Crippen LogP contribution in [-0.4, -0.2) is 24.3 Å². The van der Waals surface area contributed by atoms with Crippen molar-refractivity contribution in [3.8, 4) is 0 Å². The van der Waals surface area contributed by atoms with E-state index in [0.29, 0.717) is 0 Å². The van der Waals surface area contributed by atoms with E-state index in [9.17, 15) is 0 Å². The molecule has 1 fully saturated rings. The zero-order valence-corrected chi connectivity index (χ0v) is 6.15. The van der Waals surface area contributed by atoms with Gasteiger partial charge in [0.25, 0.3) is 0 Å². The lowest BCUT2D eigenvalue weighted by Crippen LogP contribution is -2.35. The number of amidine groups is 1. The van der Waals surface area contributed by atoms with Crippen LogP contribution in [0.1, 0.15) is 19.8 Å². The van der Waals surface area contributed by atoms with Crippen LogP contribution < -0.4 is 0 Å². The molecule has 0 aromatic carbocycles. The molecule has 0 saturated carbocycles. The van der Waals surface area contributed by atoms with Crippen molar-refractivity contribution in [2.24, 2.45) is 5.92 Å². The Morgan fingerprint density at radius 3 is 2.78 bits per heavy atom. The summed E-state index contributed by atoms with van der Waals surface area (Å²) >= 11 is 0. The second-order valence-corrected chi connectivity index (χ2v) is 2.97. The molecule has 0 bridgehead atoms. The highest BCUT2D eigenvalue weighted by molar-refractivity contribution is 5.79. The molecule has 1 aliphatic heterocycles. The average Bonchev–Trinajstić information content (AvgIpc) is 1.80. The van der Waals surface area contributed by atoms with Gasteiger partial charge in [0.05, 0.1) is 5.84 Å². The van der Waals surface area contributed by atoms with Gasteiger partial charge in [0.1, 0.15) is 0 Å². The van der Waals surface area contributed by atoms with E-state index in [4.69, 9.17) is 5.41 Å². The van der Waals surface area contributed by atoms with E-state index in [1.54, 1.807) is 0 Å². The van der Waals surface area contributed by atoms with Crippen LogP contribution in [0.2, 0.25) is 0 Å². The molecule has 1 rings (SSSR count). The van der Waals surface area contributed by atoms with Gasteiger partial charge in [-0.05, 0) is 12.3 Å². The molecular weight excluding hydrogens is 112 g/mol. The molecule has 1 heterocycles. The summed E-state index contributed by atoms with van der Waals surface area (Å²) < 4.78 is 0. The number of piperidine rings is 1. The maximum absolute atomic E-state index is 7.41. The minimum absolute atomic E-state index is 0.782. The van der Waals surface area contributed by atoms with Crippen LogP contribution in [0.5, 0.6) is 0 Å².